The van der Waals surface area contributed by atoms with Crippen molar-refractivity contribution >= 4 is 0 Å². The maximum Gasteiger partial charge on any atom is 0.126 e. The van der Waals surface area contributed by atoms with Crippen LogP contribution in [0.2, 0.25) is 0 Å². The van der Waals surface area contributed by atoms with Gasteiger partial charge in [0, 0.05) is 0 Å². The van der Waals surface area contributed by atoms with Crippen LogP contribution in [-0.4, -0.2) is 13.6 Å². The second-order valence-electron chi connectivity index (χ2n) is 4.51. The zero-order valence-electron chi connectivity index (χ0n) is 9.39. The lowest BCUT2D eigenvalue weighted by Crippen LogP contribution is -2.32. The highest BCUT2D eigenvalue weighted by Gasteiger charge is 2.31. The largest absolute Gasteiger partial charge is 0.319 e. The Labute approximate surface area is 90.7 Å². The minimum Gasteiger partial charge on any atom is -0.319 e. The number of aryl methyl sites for hydroxylation is 1. The Balaban J connectivity index is 2.12. The van der Waals surface area contributed by atoms with Gasteiger partial charge in [0.15, 0.2) is 0 Å². The van der Waals surface area contributed by atoms with Gasteiger partial charge in [-0.25, -0.2) is 4.39 Å². The fraction of sp³-hybridized carbons (Fsp3) is 0.538. The molecule has 0 radical (unpaired) electrons. The summed E-state index contributed by atoms with van der Waals surface area (Å²) in [6, 6.07) is 5.67. The van der Waals surface area contributed by atoms with E-state index in [1.165, 1.54) is 18.4 Å². The highest BCUT2D eigenvalue weighted by Crippen LogP contribution is 2.42. The summed E-state index contributed by atoms with van der Waals surface area (Å²) in [7, 11) is 1.98. The molecule has 2 rings (SSSR count). The lowest BCUT2D eigenvalue weighted by atomic mass is 9.70. The van der Waals surface area contributed by atoms with Crippen LogP contribution < -0.4 is 5.32 Å². The maximum absolute atomic E-state index is 13.4. The molecule has 1 aliphatic carbocycles. The Hall–Kier alpha value is -0.890. The molecule has 1 aromatic rings. The molecule has 0 saturated heterocycles. The van der Waals surface area contributed by atoms with Crippen molar-refractivity contribution in [3.05, 3.63) is 35.1 Å². The van der Waals surface area contributed by atoms with E-state index >= 15 is 0 Å². The monoisotopic (exact) mass is 207 g/mol. The summed E-state index contributed by atoms with van der Waals surface area (Å²) in [5.74, 6) is 1.19. The topological polar surface area (TPSA) is 12.0 Å². The number of rotatable bonds is 3. The van der Waals surface area contributed by atoms with E-state index in [0.29, 0.717) is 11.8 Å². The zero-order chi connectivity index (χ0) is 10.8. The molecule has 1 aromatic carbocycles. The van der Waals surface area contributed by atoms with Crippen molar-refractivity contribution in [3.8, 4) is 0 Å². The standard InChI is InChI=1S/C13H18FN/c1-9-3-4-10(7-13(9)14)12-6-5-11(12)8-15-2/h3-4,7,11-12,15H,5-6,8H2,1-2H3. The first-order chi connectivity index (χ1) is 7.22. The van der Waals surface area contributed by atoms with Gasteiger partial charge in [-0.05, 0) is 62.4 Å². The molecule has 0 amide bonds. The molecule has 0 aliphatic heterocycles. The molecule has 2 atom stereocenters. The Kier molecular flexibility index (Phi) is 3.06. The van der Waals surface area contributed by atoms with E-state index < -0.39 is 0 Å². The molecule has 0 bridgehead atoms. The molecule has 0 heterocycles. The molecule has 15 heavy (non-hydrogen) atoms. The maximum atomic E-state index is 13.4. The molecule has 0 spiro atoms. The zero-order valence-corrected chi connectivity index (χ0v) is 9.39. The van der Waals surface area contributed by atoms with Crippen LogP contribution in [0.5, 0.6) is 0 Å². The van der Waals surface area contributed by atoms with E-state index in [1.54, 1.807) is 6.07 Å². The third-order valence-corrected chi connectivity index (χ3v) is 3.51. The van der Waals surface area contributed by atoms with E-state index in [0.717, 1.165) is 12.1 Å². The highest BCUT2D eigenvalue weighted by atomic mass is 19.1. The number of hydrogen-bond donors (Lipinski definition) is 1. The van der Waals surface area contributed by atoms with Gasteiger partial charge in [-0.1, -0.05) is 12.1 Å². The average Bonchev–Trinajstić information content (AvgIpc) is 2.18. The van der Waals surface area contributed by atoms with E-state index in [-0.39, 0.29) is 5.82 Å². The fourth-order valence-electron chi connectivity index (χ4n) is 2.35. The Morgan fingerprint density at radius 1 is 1.40 bits per heavy atom. The molecule has 1 nitrogen and oxygen atoms in total. The minimum atomic E-state index is -0.0670. The van der Waals surface area contributed by atoms with E-state index in [9.17, 15) is 4.39 Å². The van der Waals surface area contributed by atoms with Gasteiger partial charge in [-0.15, -0.1) is 0 Å². The van der Waals surface area contributed by atoms with Crippen molar-refractivity contribution in [1.29, 1.82) is 0 Å². The van der Waals surface area contributed by atoms with Crippen LogP contribution in [0.25, 0.3) is 0 Å². The molecular formula is C13H18FN. The molecule has 1 aliphatic rings. The summed E-state index contributed by atoms with van der Waals surface area (Å²) >= 11 is 0. The first kappa shape index (κ1) is 10.6. The molecule has 1 fully saturated rings. The first-order valence-corrected chi connectivity index (χ1v) is 5.63. The van der Waals surface area contributed by atoms with Gasteiger partial charge in [-0.3, -0.25) is 0 Å². The van der Waals surface area contributed by atoms with Crippen LogP contribution in [0.3, 0.4) is 0 Å². The van der Waals surface area contributed by atoms with Crippen molar-refractivity contribution in [2.45, 2.75) is 25.7 Å². The van der Waals surface area contributed by atoms with Crippen molar-refractivity contribution in [3.63, 3.8) is 0 Å². The fourth-order valence-corrected chi connectivity index (χ4v) is 2.35. The smallest absolute Gasteiger partial charge is 0.126 e. The lowest BCUT2D eigenvalue weighted by Gasteiger charge is -2.37. The lowest BCUT2D eigenvalue weighted by molar-refractivity contribution is 0.250. The number of benzene rings is 1. The van der Waals surface area contributed by atoms with Crippen LogP contribution in [-0.2, 0) is 0 Å². The van der Waals surface area contributed by atoms with Crippen molar-refractivity contribution in [2.75, 3.05) is 13.6 Å². The van der Waals surface area contributed by atoms with Gasteiger partial charge in [0.25, 0.3) is 0 Å². The number of halogens is 1. The predicted octanol–water partition coefficient (Wildman–Crippen LogP) is 2.85. The summed E-state index contributed by atoms with van der Waals surface area (Å²) in [5, 5.41) is 3.20. The van der Waals surface area contributed by atoms with E-state index in [4.69, 9.17) is 0 Å². The number of nitrogens with one attached hydrogen (secondary N) is 1. The number of hydrogen-bond acceptors (Lipinski definition) is 1. The van der Waals surface area contributed by atoms with Crippen molar-refractivity contribution in [1.82, 2.24) is 5.32 Å². The van der Waals surface area contributed by atoms with Gasteiger partial charge >= 0.3 is 0 Å². The van der Waals surface area contributed by atoms with Gasteiger partial charge in [0.05, 0.1) is 0 Å². The molecule has 2 unspecified atom stereocenters. The van der Waals surface area contributed by atoms with Gasteiger partial charge in [0.1, 0.15) is 5.82 Å². The van der Waals surface area contributed by atoms with E-state index in [2.05, 4.69) is 11.4 Å². The molecular weight excluding hydrogens is 189 g/mol. The van der Waals surface area contributed by atoms with Crippen LogP contribution in [0.1, 0.15) is 29.9 Å². The second kappa shape index (κ2) is 4.31. The van der Waals surface area contributed by atoms with Crippen LogP contribution >= 0.6 is 0 Å². The summed E-state index contributed by atoms with van der Waals surface area (Å²) in [6.45, 7) is 2.85. The molecule has 1 saturated carbocycles. The molecule has 82 valence electrons. The normalized spacial score (nSPS) is 25.0. The van der Waals surface area contributed by atoms with Crippen molar-refractivity contribution < 1.29 is 4.39 Å². The molecule has 2 heteroatoms. The Morgan fingerprint density at radius 3 is 2.73 bits per heavy atom. The summed E-state index contributed by atoms with van der Waals surface area (Å²) in [5.41, 5.74) is 1.91. The van der Waals surface area contributed by atoms with Gasteiger partial charge in [-0.2, -0.15) is 0 Å². The van der Waals surface area contributed by atoms with Crippen LogP contribution in [0, 0.1) is 18.7 Å². The van der Waals surface area contributed by atoms with Gasteiger partial charge < -0.3 is 5.32 Å². The summed E-state index contributed by atoms with van der Waals surface area (Å²) < 4.78 is 13.4. The second-order valence-corrected chi connectivity index (χ2v) is 4.51. The van der Waals surface area contributed by atoms with Crippen molar-refractivity contribution in [2.24, 2.45) is 5.92 Å². The minimum absolute atomic E-state index is 0.0670. The summed E-state index contributed by atoms with van der Waals surface area (Å²) in [6.07, 6.45) is 2.47. The Morgan fingerprint density at radius 2 is 2.20 bits per heavy atom. The summed E-state index contributed by atoms with van der Waals surface area (Å²) in [4.78, 5) is 0. The quantitative estimate of drug-likeness (QED) is 0.803. The molecule has 1 N–H and O–H groups in total. The van der Waals surface area contributed by atoms with Gasteiger partial charge in [0.2, 0.25) is 0 Å². The SMILES string of the molecule is CNCC1CCC1c1ccc(C)c(F)c1. The molecule has 0 aromatic heterocycles. The third kappa shape index (κ3) is 2.05. The predicted molar refractivity (Wildman–Crippen MR) is 60.5 cm³/mol. The highest BCUT2D eigenvalue weighted by molar-refractivity contribution is 5.28. The Bertz CT molecular complexity index is 348. The third-order valence-electron chi connectivity index (χ3n) is 3.51. The van der Waals surface area contributed by atoms with E-state index in [1.807, 2.05) is 20.0 Å². The average molecular weight is 207 g/mol. The first-order valence-electron chi connectivity index (χ1n) is 5.63. The van der Waals surface area contributed by atoms with Crippen LogP contribution in [0.15, 0.2) is 18.2 Å². The van der Waals surface area contributed by atoms with Crippen LogP contribution in [0.4, 0.5) is 4.39 Å².